The van der Waals surface area contributed by atoms with Gasteiger partial charge in [0.05, 0.1) is 21.5 Å². The number of aliphatic carboxylic acids is 1. The van der Waals surface area contributed by atoms with E-state index < -0.39 is 24.3 Å². The van der Waals surface area contributed by atoms with Crippen molar-refractivity contribution in [2.75, 3.05) is 18.0 Å². The number of aromatic nitrogens is 1. The topological polar surface area (TPSA) is 62.7 Å². The normalized spacial score (nSPS) is 18.7. The first kappa shape index (κ1) is 21.1. The number of nitrogens with zero attached hydrogens (tertiary/aromatic N) is 2. The lowest BCUT2D eigenvalue weighted by Gasteiger charge is -2.40. The second-order valence-corrected chi connectivity index (χ2v) is 9.40. The van der Waals surface area contributed by atoms with Crippen LogP contribution in [0.15, 0.2) is 10.7 Å². The summed E-state index contributed by atoms with van der Waals surface area (Å²) >= 11 is 3.50. The predicted octanol–water partition coefficient (Wildman–Crippen LogP) is 4.88. The lowest BCUT2D eigenvalue weighted by atomic mass is 9.82. The van der Waals surface area contributed by atoms with Gasteiger partial charge in [0.1, 0.15) is 6.67 Å². The van der Waals surface area contributed by atoms with Crippen molar-refractivity contribution in [2.45, 2.75) is 65.8 Å². The standard InChI is InChI=1S/C19H28BrFN2O3/c1-18(2,3)26-16(17(24)25)14-13(10-21)22-11-12(20)15(14)23-8-6-19(4,5)7-9-23/h11,16H,6-10H2,1-5H3,(H,24,25)/t16-/m0/s1. The Bertz CT molecular complexity index is 663. The summed E-state index contributed by atoms with van der Waals surface area (Å²) < 4.78 is 20.2. The zero-order chi connectivity index (χ0) is 19.7. The number of pyridine rings is 1. The summed E-state index contributed by atoms with van der Waals surface area (Å²) in [6, 6.07) is 0. The minimum Gasteiger partial charge on any atom is -0.479 e. The highest BCUT2D eigenvalue weighted by Crippen LogP contribution is 2.42. The average Bonchev–Trinajstić information content (AvgIpc) is 2.52. The fourth-order valence-electron chi connectivity index (χ4n) is 3.16. The van der Waals surface area contributed by atoms with Gasteiger partial charge in [0.2, 0.25) is 0 Å². The smallest absolute Gasteiger partial charge is 0.337 e. The molecule has 0 spiro atoms. The molecule has 26 heavy (non-hydrogen) atoms. The fourth-order valence-corrected chi connectivity index (χ4v) is 3.72. The SMILES string of the molecule is CC1(C)CCN(c2c(Br)cnc(CF)c2[C@H](OC(C)(C)C)C(=O)O)CC1. The van der Waals surface area contributed by atoms with Gasteiger partial charge in [0.15, 0.2) is 6.10 Å². The fraction of sp³-hybridized carbons (Fsp3) is 0.684. The van der Waals surface area contributed by atoms with Crippen LogP contribution in [-0.4, -0.2) is 34.8 Å². The number of rotatable bonds is 5. The molecule has 1 atom stereocenters. The Morgan fingerprint density at radius 2 is 2.00 bits per heavy atom. The first-order valence-corrected chi connectivity index (χ1v) is 9.63. The summed E-state index contributed by atoms with van der Waals surface area (Å²) in [5.41, 5.74) is 0.654. The van der Waals surface area contributed by atoms with Crippen LogP contribution >= 0.6 is 15.9 Å². The Balaban J connectivity index is 2.55. The molecule has 7 heteroatoms. The molecule has 2 heterocycles. The molecule has 0 unspecified atom stereocenters. The van der Waals surface area contributed by atoms with E-state index in [1.54, 1.807) is 27.0 Å². The molecule has 0 bridgehead atoms. The molecule has 0 aromatic carbocycles. The van der Waals surface area contributed by atoms with Gasteiger partial charge < -0.3 is 14.7 Å². The molecule has 1 aromatic heterocycles. The number of piperidine rings is 1. The highest BCUT2D eigenvalue weighted by atomic mass is 79.9. The van der Waals surface area contributed by atoms with Crippen LogP contribution in [0.5, 0.6) is 0 Å². The maximum absolute atomic E-state index is 13.7. The van der Waals surface area contributed by atoms with Crippen molar-refractivity contribution in [1.82, 2.24) is 4.98 Å². The van der Waals surface area contributed by atoms with Crippen LogP contribution in [0.25, 0.3) is 0 Å². The van der Waals surface area contributed by atoms with Crippen LogP contribution < -0.4 is 4.90 Å². The third kappa shape index (κ3) is 4.94. The van der Waals surface area contributed by atoms with Crippen molar-refractivity contribution in [2.24, 2.45) is 5.41 Å². The lowest BCUT2D eigenvalue weighted by molar-refractivity contribution is -0.160. The van der Waals surface area contributed by atoms with Gasteiger partial charge >= 0.3 is 5.97 Å². The lowest BCUT2D eigenvalue weighted by Crippen LogP contribution is -2.39. The first-order valence-electron chi connectivity index (χ1n) is 8.84. The molecule has 1 aliphatic rings. The largest absolute Gasteiger partial charge is 0.479 e. The van der Waals surface area contributed by atoms with Crippen molar-refractivity contribution in [3.05, 3.63) is 21.9 Å². The van der Waals surface area contributed by atoms with Gasteiger partial charge in [-0.25, -0.2) is 9.18 Å². The number of ether oxygens (including phenoxy) is 1. The van der Waals surface area contributed by atoms with E-state index in [4.69, 9.17) is 4.74 Å². The Kier molecular flexibility index (Phi) is 6.33. The summed E-state index contributed by atoms with van der Waals surface area (Å²) in [5.74, 6) is -1.15. The Labute approximate surface area is 163 Å². The molecule has 1 aromatic rings. The van der Waals surface area contributed by atoms with Gasteiger partial charge in [-0.2, -0.15) is 0 Å². The third-order valence-corrected chi connectivity index (χ3v) is 5.22. The second-order valence-electron chi connectivity index (χ2n) is 8.55. The minimum atomic E-state index is -1.28. The number of hydrogen-bond donors (Lipinski definition) is 1. The van der Waals surface area contributed by atoms with Gasteiger partial charge in [-0.3, -0.25) is 4.98 Å². The van der Waals surface area contributed by atoms with Gasteiger partial charge in [-0.15, -0.1) is 0 Å². The van der Waals surface area contributed by atoms with Crippen LogP contribution in [0.4, 0.5) is 10.1 Å². The quantitative estimate of drug-likeness (QED) is 0.720. The molecular formula is C19H28BrFN2O3. The highest BCUT2D eigenvalue weighted by molar-refractivity contribution is 9.10. The average molecular weight is 431 g/mol. The summed E-state index contributed by atoms with van der Waals surface area (Å²) in [5, 5.41) is 9.80. The number of carboxylic acids is 1. The van der Waals surface area contributed by atoms with Crippen LogP contribution in [0.3, 0.4) is 0 Å². The van der Waals surface area contributed by atoms with Gasteiger partial charge in [-0.05, 0) is 55.0 Å². The number of carboxylic acid groups (broad SMARTS) is 1. The van der Waals surface area contributed by atoms with E-state index in [0.717, 1.165) is 25.9 Å². The first-order chi connectivity index (χ1) is 11.9. The van der Waals surface area contributed by atoms with Crippen molar-refractivity contribution in [3.63, 3.8) is 0 Å². The maximum Gasteiger partial charge on any atom is 0.337 e. The van der Waals surface area contributed by atoms with Gasteiger partial charge in [0, 0.05) is 24.8 Å². The molecule has 0 radical (unpaired) electrons. The number of carbonyl (C=O) groups is 1. The summed E-state index contributed by atoms with van der Waals surface area (Å²) in [4.78, 5) is 18.2. The maximum atomic E-state index is 13.7. The van der Waals surface area contributed by atoms with E-state index in [-0.39, 0.29) is 11.1 Å². The van der Waals surface area contributed by atoms with Crippen LogP contribution in [0, 0.1) is 5.41 Å². The summed E-state index contributed by atoms with van der Waals surface area (Å²) in [6.07, 6.45) is 2.22. The Morgan fingerprint density at radius 3 is 2.46 bits per heavy atom. The molecule has 0 saturated carbocycles. The van der Waals surface area contributed by atoms with Crippen LogP contribution in [0.2, 0.25) is 0 Å². The Morgan fingerprint density at radius 1 is 1.42 bits per heavy atom. The van der Waals surface area contributed by atoms with Crippen LogP contribution in [-0.2, 0) is 16.2 Å². The van der Waals surface area contributed by atoms with Gasteiger partial charge in [-0.1, -0.05) is 13.8 Å². The number of alkyl halides is 1. The van der Waals surface area contributed by atoms with Crippen molar-refractivity contribution < 1.29 is 19.0 Å². The second kappa shape index (κ2) is 7.80. The van der Waals surface area contributed by atoms with E-state index in [1.807, 2.05) is 0 Å². The van der Waals surface area contributed by atoms with Crippen molar-refractivity contribution in [1.29, 1.82) is 0 Å². The predicted molar refractivity (Wildman–Crippen MR) is 103 cm³/mol. The zero-order valence-electron chi connectivity index (χ0n) is 16.1. The molecule has 1 N–H and O–H groups in total. The van der Waals surface area contributed by atoms with Crippen molar-refractivity contribution >= 4 is 27.6 Å². The van der Waals surface area contributed by atoms with E-state index in [9.17, 15) is 14.3 Å². The Hall–Kier alpha value is -1.21. The molecule has 1 fully saturated rings. The van der Waals surface area contributed by atoms with Crippen molar-refractivity contribution in [3.8, 4) is 0 Å². The van der Waals surface area contributed by atoms with Gasteiger partial charge in [0.25, 0.3) is 0 Å². The molecule has 2 rings (SSSR count). The number of halogens is 2. The van der Waals surface area contributed by atoms with E-state index in [1.165, 1.54) is 0 Å². The molecule has 5 nitrogen and oxygen atoms in total. The third-order valence-electron chi connectivity index (χ3n) is 4.64. The van der Waals surface area contributed by atoms with E-state index >= 15 is 0 Å². The zero-order valence-corrected chi connectivity index (χ0v) is 17.7. The summed E-state index contributed by atoms with van der Waals surface area (Å²) in [7, 11) is 0. The highest BCUT2D eigenvalue weighted by Gasteiger charge is 2.35. The monoisotopic (exact) mass is 430 g/mol. The molecule has 1 saturated heterocycles. The molecule has 0 aliphatic carbocycles. The number of anilines is 1. The van der Waals surface area contributed by atoms with E-state index in [2.05, 4.69) is 39.7 Å². The molecule has 1 aliphatic heterocycles. The minimum absolute atomic E-state index is 0.115. The molecule has 0 amide bonds. The summed E-state index contributed by atoms with van der Waals surface area (Å²) in [6.45, 7) is 10.5. The number of hydrogen-bond acceptors (Lipinski definition) is 4. The molecule has 146 valence electrons. The molecular weight excluding hydrogens is 403 g/mol. The van der Waals surface area contributed by atoms with Crippen LogP contribution in [0.1, 0.15) is 64.8 Å². The van der Waals surface area contributed by atoms with E-state index in [0.29, 0.717) is 15.7 Å².